The Balaban J connectivity index is 1.75. The second-order valence-corrected chi connectivity index (χ2v) is 6.29. The molecule has 0 radical (unpaired) electrons. The molecule has 3 rings (SSSR count). The highest BCUT2D eigenvalue weighted by atomic mass is 127. The lowest BCUT2D eigenvalue weighted by Crippen LogP contribution is -2.47. The van der Waals surface area contributed by atoms with Crippen LogP contribution in [0.1, 0.15) is 23.2 Å². The average Bonchev–Trinajstić information content (AvgIpc) is 2.85. The maximum Gasteiger partial charge on any atom is 0.254 e. The van der Waals surface area contributed by atoms with Crippen molar-refractivity contribution in [3.05, 3.63) is 33.4 Å². The van der Waals surface area contributed by atoms with Gasteiger partial charge in [0.25, 0.3) is 5.91 Å². The SMILES string of the molecule is O=C(c1ccccc1I)N1CCC2NCCC2C1. The van der Waals surface area contributed by atoms with Crippen LogP contribution in [0.25, 0.3) is 0 Å². The number of hydrogen-bond acceptors (Lipinski definition) is 2. The van der Waals surface area contributed by atoms with Gasteiger partial charge in [-0.3, -0.25) is 4.79 Å². The highest BCUT2D eigenvalue weighted by molar-refractivity contribution is 14.1. The van der Waals surface area contributed by atoms with Crippen LogP contribution in [0.5, 0.6) is 0 Å². The maximum atomic E-state index is 12.5. The van der Waals surface area contributed by atoms with E-state index in [9.17, 15) is 4.79 Å². The fraction of sp³-hybridized carbons (Fsp3) is 0.500. The van der Waals surface area contributed by atoms with Gasteiger partial charge >= 0.3 is 0 Å². The Hall–Kier alpha value is -0.620. The predicted molar refractivity (Wildman–Crippen MR) is 79.6 cm³/mol. The lowest BCUT2D eigenvalue weighted by atomic mass is 9.93. The largest absolute Gasteiger partial charge is 0.338 e. The average molecular weight is 356 g/mol. The van der Waals surface area contributed by atoms with Gasteiger partial charge in [-0.1, -0.05) is 12.1 Å². The molecule has 2 atom stereocenters. The zero-order chi connectivity index (χ0) is 12.5. The van der Waals surface area contributed by atoms with Crippen molar-refractivity contribution in [1.29, 1.82) is 0 Å². The second-order valence-electron chi connectivity index (χ2n) is 5.13. The molecule has 2 aliphatic heterocycles. The Kier molecular flexibility index (Phi) is 3.56. The van der Waals surface area contributed by atoms with Crippen molar-refractivity contribution >= 4 is 28.5 Å². The molecule has 0 aliphatic carbocycles. The Morgan fingerprint density at radius 2 is 2.17 bits per heavy atom. The Morgan fingerprint density at radius 1 is 1.33 bits per heavy atom. The summed E-state index contributed by atoms with van der Waals surface area (Å²) in [5.74, 6) is 0.856. The van der Waals surface area contributed by atoms with Crippen molar-refractivity contribution < 1.29 is 4.79 Å². The summed E-state index contributed by atoms with van der Waals surface area (Å²) in [6, 6.07) is 8.50. The van der Waals surface area contributed by atoms with E-state index < -0.39 is 0 Å². The van der Waals surface area contributed by atoms with Crippen LogP contribution in [0.2, 0.25) is 0 Å². The van der Waals surface area contributed by atoms with Crippen LogP contribution in [0, 0.1) is 9.49 Å². The summed E-state index contributed by atoms with van der Waals surface area (Å²) in [6.45, 7) is 2.92. The fourth-order valence-corrected chi connectivity index (χ4v) is 3.66. The van der Waals surface area contributed by atoms with Crippen LogP contribution < -0.4 is 5.32 Å². The number of nitrogens with zero attached hydrogens (tertiary/aromatic N) is 1. The minimum atomic E-state index is 0.199. The monoisotopic (exact) mass is 356 g/mol. The van der Waals surface area contributed by atoms with Gasteiger partial charge in [0.05, 0.1) is 5.56 Å². The molecule has 4 heteroatoms. The fourth-order valence-electron chi connectivity index (χ4n) is 3.04. The first-order valence-corrected chi connectivity index (χ1v) is 7.61. The van der Waals surface area contributed by atoms with Crippen molar-refractivity contribution in [2.75, 3.05) is 19.6 Å². The normalized spacial score (nSPS) is 27.1. The maximum absolute atomic E-state index is 12.5. The molecule has 0 spiro atoms. The van der Waals surface area contributed by atoms with Gasteiger partial charge in [0.2, 0.25) is 0 Å². The highest BCUT2D eigenvalue weighted by Crippen LogP contribution is 2.26. The number of carbonyl (C=O) groups is 1. The molecule has 2 fully saturated rings. The van der Waals surface area contributed by atoms with Gasteiger partial charge in [-0.25, -0.2) is 0 Å². The van der Waals surface area contributed by atoms with Crippen LogP contribution in [0.3, 0.4) is 0 Å². The molecule has 1 N–H and O–H groups in total. The number of carbonyl (C=O) groups excluding carboxylic acids is 1. The molecule has 1 aromatic rings. The summed E-state index contributed by atoms with van der Waals surface area (Å²) in [6.07, 6.45) is 2.31. The van der Waals surface area contributed by atoms with Crippen molar-refractivity contribution in [2.24, 2.45) is 5.92 Å². The van der Waals surface area contributed by atoms with Gasteiger partial charge in [-0.05, 0) is 60.0 Å². The van der Waals surface area contributed by atoms with Crippen LogP contribution in [-0.2, 0) is 0 Å². The molecule has 2 heterocycles. The molecule has 1 aromatic carbocycles. The number of rotatable bonds is 1. The minimum absolute atomic E-state index is 0.199. The van der Waals surface area contributed by atoms with E-state index in [-0.39, 0.29) is 5.91 Å². The Bertz CT molecular complexity index is 463. The van der Waals surface area contributed by atoms with Gasteiger partial charge in [-0.2, -0.15) is 0 Å². The zero-order valence-corrected chi connectivity index (χ0v) is 12.4. The lowest BCUT2D eigenvalue weighted by molar-refractivity contribution is 0.0661. The number of benzene rings is 1. The molecule has 2 saturated heterocycles. The Labute approximate surface area is 121 Å². The predicted octanol–water partition coefficient (Wildman–Crippen LogP) is 2.12. The molecule has 0 bridgehead atoms. The van der Waals surface area contributed by atoms with E-state index in [0.29, 0.717) is 12.0 Å². The molecule has 0 saturated carbocycles. The van der Waals surface area contributed by atoms with E-state index in [4.69, 9.17) is 0 Å². The van der Waals surface area contributed by atoms with Crippen LogP contribution in [-0.4, -0.2) is 36.5 Å². The molecule has 96 valence electrons. The quantitative estimate of drug-likeness (QED) is 0.782. The molecule has 2 unspecified atom stereocenters. The van der Waals surface area contributed by atoms with Crippen molar-refractivity contribution in [3.8, 4) is 0 Å². The van der Waals surface area contributed by atoms with Crippen molar-refractivity contribution in [2.45, 2.75) is 18.9 Å². The zero-order valence-electron chi connectivity index (χ0n) is 10.2. The summed E-state index contributed by atoms with van der Waals surface area (Å²) in [7, 11) is 0. The minimum Gasteiger partial charge on any atom is -0.338 e. The van der Waals surface area contributed by atoms with Gasteiger partial charge in [0, 0.05) is 22.7 Å². The van der Waals surface area contributed by atoms with Gasteiger partial charge in [-0.15, -0.1) is 0 Å². The summed E-state index contributed by atoms with van der Waals surface area (Å²) < 4.78 is 1.05. The third-order valence-electron chi connectivity index (χ3n) is 4.05. The molecular weight excluding hydrogens is 339 g/mol. The van der Waals surface area contributed by atoms with E-state index in [1.807, 2.05) is 29.2 Å². The van der Waals surface area contributed by atoms with Crippen LogP contribution in [0.4, 0.5) is 0 Å². The first kappa shape index (κ1) is 12.4. The van der Waals surface area contributed by atoms with Crippen LogP contribution in [0.15, 0.2) is 24.3 Å². The molecule has 0 aromatic heterocycles. The third kappa shape index (κ3) is 2.28. The van der Waals surface area contributed by atoms with Gasteiger partial charge in [0.15, 0.2) is 0 Å². The Morgan fingerprint density at radius 3 is 3.00 bits per heavy atom. The smallest absolute Gasteiger partial charge is 0.254 e. The summed E-state index contributed by atoms with van der Waals surface area (Å²) in [5.41, 5.74) is 0.850. The summed E-state index contributed by atoms with van der Waals surface area (Å²) >= 11 is 2.24. The molecule has 2 aliphatic rings. The third-order valence-corrected chi connectivity index (χ3v) is 4.99. The second kappa shape index (κ2) is 5.17. The van der Waals surface area contributed by atoms with Crippen LogP contribution >= 0.6 is 22.6 Å². The van der Waals surface area contributed by atoms with Crippen molar-refractivity contribution in [1.82, 2.24) is 10.2 Å². The number of hydrogen-bond donors (Lipinski definition) is 1. The van der Waals surface area contributed by atoms with E-state index in [0.717, 1.165) is 35.2 Å². The first-order chi connectivity index (χ1) is 8.75. The van der Waals surface area contributed by atoms with E-state index in [2.05, 4.69) is 27.9 Å². The number of fused-ring (bicyclic) bond motifs is 1. The highest BCUT2D eigenvalue weighted by Gasteiger charge is 2.34. The molecular formula is C14H17IN2O. The molecule has 18 heavy (non-hydrogen) atoms. The number of amides is 1. The molecule has 1 amide bonds. The van der Waals surface area contributed by atoms with Gasteiger partial charge in [0.1, 0.15) is 0 Å². The number of halogens is 1. The van der Waals surface area contributed by atoms with Gasteiger partial charge < -0.3 is 10.2 Å². The van der Waals surface area contributed by atoms with E-state index in [1.54, 1.807) is 0 Å². The molecule has 3 nitrogen and oxygen atoms in total. The van der Waals surface area contributed by atoms with Crippen molar-refractivity contribution in [3.63, 3.8) is 0 Å². The first-order valence-electron chi connectivity index (χ1n) is 6.53. The number of nitrogens with one attached hydrogen (secondary N) is 1. The topological polar surface area (TPSA) is 32.3 Å². The standard InChI is InChI=1S/C14H17IN2O/c15-12-4-2-1-3-11(12)14(18)17-8-6-13-10(9-17)5-7-16-13/h1-4,10,13,16H,5-9H2. The van der Waals surface area contributed by atoms with E-state index >= 15 is 0 Å². The summed E-state index contributed by atoms with van der Waals surface area (Å²) in [5, 5.41) is 3.53. The number of piperidine rings is 1. The summed E-state index contributed by atoms with van der Waals surface area (Å²) in [4.78, 5) is 14.5. The van der Waals surface area contributed by atoms with E-state index in [1.165, 1.54) is 6.42 Å². The lowest BCUT2D eigenvalue weighted by Gasteiger charge is -2.35. The number of likely N-dealkylation sites (tertiary alicyclic amines) is 1.